The lowest BCUT2D eigenvalue weighted by Crippen LogP contribution is -2.34. The fourth-order valence-corrected chi connectivity index (χ4v) is 2.06. The summed E-state index contributed by atoms with van der Waals surface area (Å²) in [6.07, 6.45) is 1.17. The number of nitrogens with zero attached hydrogens (tertiary/aromatic N) is 1. The molecule has 1 heterocycles. The summed E-state index contributed by atoms with van der Waals surface area (Å²) in [5.74, 6) is -1.49. The number of carbonyl (C=O) groups is 3. The number of aliphatic hydroxyl groups is 1. The van der Waals surface area contributed by atoms with Crippen LogP contribution in [0.4, 0.5) is 5.69 Å². The number of aryl methyl sites for hydroxylation is 1. The zero-order valence-corrected chi connectivity index (χ0v) is 12.3. The standard InChI is InChI=1S/C15H16N2O5/c1-9-3-4-10(15(21)22-2)7-11(9)16-12-8-13(19)17(5-6-18)14(12)20/h3-4,7-8,16,18H,5-6H2,1-2H3. The number of imide groups is 1. The smallest absolute Gasteiger partial charge is 0.337 e. The van der Waals surface area contributed by atoms with E-state index in [1.807, 2.05) is 0 Å². The second-order valence-corrected chi connectivity index (χ2v) is 4.72. The van der Waals surface area contributed by atoms with Crippen LogP contribution in [0.25, 0.3) is 0 Å². The minimum atomic E-state index is -0.512. The van der Waals surface area contributed by atoms with Crippen molar-refractivity contribution in [2.45, 2.75) is 6.92 Å². The van der Waals surface area contributed by atoms with Crippen molar-refractivity contribution in [2.75, 3.05) is 25.6 Å². The van der Waals surface area contributed by atoms with Gasteiger partial charge in [0.25, 0.3) is 11.8 Å². The zero-order valence-electron chi connectivity index (χ0n) is 12.3. The Bertz CT molecular complexity index is 666. The van der Waals surface area contributed by atoms with Gasteiger partial charge in [0.1, 0.15) is 5.70 Å². The van der Waals surface area contributed by atoms with Gasteiger partial charge in [-0.3, -0.25) is 14.5 Å². The van der Waals surface area contributed by atoms with Crippen molar-refractivity contribution >= 4 is 23.5 Å². The van der Waals surface area contributed by atoms with Gasteiger partial charge in [-0.15, -0.1) is 0 Å². The van der Waals surface area contributed by atoms with Crippen LogP contribution in [0.5, 0.6) is 0 Å². The second-order valence-electron chi connectivity index (χ2n) is 4.72. The molecular weight excluding hydrogens is 288 g/mol. The molecule has 7 nitrogen and oxygen atoms in total. The third-order valence-electron chi connectivity index (χ3n) is 3.26. The van der Waals surface area contributed by atoms with Crippen LogP contribution in [-0.4, -0.2) is 48.1 Å². The first-order valence-corrected chi connectivity index (χ1v) is 6.62. The predicted octanol–water partition coefficient (Wildman–Crippen LogP) is 0.439. The molecule has 0 unspecified atom stereocenters. The van der Waals surface area contributed by atoms with E-state index in [9.17, 15) is 14.4 Å². The molecule has 0 saturated carbocycles. The van der Waals surface area contributed by atoms with Gasteiger partial charge < -0.3 is 15.2 Å². The summed E-state index contributed by atoms with van der Waals surface area (Å²) in [6, 6.07) is 4.87. The van der Waals surface area contributed by atoms with Crippen LogP contribution in [-0.2, 0) is 14.3 Å². The highest BCUT2D eigenvalue weighted by atomic mass is 16.5. The van der Waals surface area contributed by atoms with Gasteiger partial charge in [0.2, 0.25) is 0 Å². The van der Waals surface area contributed by atoms with Crippen molar-refractivity contribution < 1.29 is 24.2 Å². The van der Waals surface area contributed by atoms with Crippen molar-refractivity contribution in [1.82, 2.24) is 4.90 Å². The largest absolute Gasteiger partial charge is 0.465 e. The molecule has 0 aliphatic carbocycles. The van der Waals surface area contributed by atoms with Crippen LogP contribution in [0.15, 0.2) is 30.0 Å². The van der Waals surface area contributed by atoms with Gasteiger partial charge in [0.05, 0.1) is 25.8 Å². The molecule has 1 aliphatic heterocycles. The van der Waals surface area contributed by atoms with Crippen LogP contribution in [0.2, 0.25) is 0 Å². The lowest BCUT2D eigenvalue weighted by atomic mass is 10.1. The van der Waals surface area contributed by atoms with E-state index in [2.05, 4.69) is 10.1 Å². The fourth-order valence-electron chi connectivity index (χ4n) is 2.06. The predicted molar refractivity (Wildman–Crippen MR) is 78.0 cm³/mol. The van der Waals surface area contributed by atoms with E-state index in [-0.39, 0.29) is 18.8 Å². The van der Waals surface area contributed by atoms with Gasteiger partial charge >= 0.3 is 5.97 Å². The quantitative estimate of drug-likeness (QED) is 0.605. The molecule has 2 N–H and O–H groups in total. The maximum Gasteiger partial charge on any atom is 0.337 e. The number of nitrogens with one attached hydrogen (secondary N) is 1. The van der Waals surface area contributed by atoms with Crippen molar-refractivity contribution in [2.24, 2.45) is 0 Å². The molecule has 7 heteroatoms. The summed E-state index contributed by atoms with van der Waals surface area (Å²) >= 11 is 0. The number of esters is 1. The van der Waals surface area contributed by atoms with Crippen molar-refractivity contribution in [3.8, 4) is 0 Å². The van der Waals surface area contributed by atoms with Crippen LogP contribution >= 0.6 is 0 Å². The number of ether oxygens (including phenoxy) is 1. The summed E-state index contributed by atoms with van der Waals surface area (Å²) in [5, 5.41) is 11.7. The maximum atomic E-state index is 12.1. The topological polar surface area (TPSA) is 95.9 Å². The minimum absolute atomic E-state index is 0.0550. The number of carbonyl (C=O) groups excluding carboxylic acids is 3. The summed E-state index contributed by atoms with van der Waals surface area (Å²) < 4.78 is 4.65. The number of β-amino-alcohol motifs (C(OH)–C–C–N with tert-alkyl or cyclic N) is 1. The number of anilines is 1. The van der Waals surface area contributed by atoms with Crippen LogP contribution < -0.4 is 5.32 Å². The highest BCUT2D eigenvalue weighted by molar-refractivity contribution is 6.17. The number of methoxy groups -OCH3 is 1. The molecule has 0 aromatic heterocycles. The van der Waals surface area contributed by atoms with Gasteiger partial charge in [-0.2, -0.15) is 0 Å². The number of rotatable bonds is 5. The normalized spacial score (nSPS) is 14.1. The molecule has 0 atom stereocenters. The van der Waals surface area contributed by atoms with Gasteiger partial charge in [0, 0.05) is 11.8 Å². The SMILES string of the molecule is COC(=O)c1ccc(C)c(NC2=CC(=O)N(CCO)C2=O)c1. The third-order valence-corrected chi connectivity index (χ3v) is 3.26. The molecule has 2 amide bonds. The maximum absolute atomic E-state index is 12.1. The number of hydrogen-bond donors (Lipinski definition) is 2. The highest BCUT2D eigenvalue weighted by Gasteiger charge is 2.30. The number of aliphatic hydroxyl groups excluding tert-OH is 1. The van der Waals surface area contributed by atoms with Crippen molar-refractivity contribution in [1.29, 1.82) is 0 Å². The minimum Gasteiger partial charge on any atom is -0.465 e. The third kappa shape index (κ3) is 2.99. The van der Waals surface area contributed by atoms with Crippen LogP contribution in [0, 0.1) is 6.92 Å². The van der Waals surface area contributed by atoms with E-state index in [4.69, 9.17) is 5.11 Å². The lowest BCUT2D eigenvalue weighted by molar-refractivity contribution is -0.137. The second kappa shape index (κ2) is 6.40. The van der Waals surface area contributed by atoms with Crippen LogP contribution in [0.3, 0.4) is 0 Å². The molecule has 22 heavy (non-hydrogen) atoms. The van der Waals surface area contributed by atoms with Gasteiger partial charge in [-0.25, -0.2) is 4.79 Å². The average Bonchev–Trinajstić information content (AvgIpc) is 2.76. The molecule has 1 aromatic rings. The summed E-state index contributed by atoms with van der Waals surface area (Å²) in [4.78, 5) is 36.2. The summed E-state index contributed by atoms with van der Waals surface area (Å²) in [5.41, 5.74) is 1.76. The van der Waals surface area contributed by atoms with E-state index in [0.717, 1.165) is 10.5 Å². The van der Waals surface area contributed by atoms with Gasteiger partial charge in [-0.1, -0.05) is 6.07 Å². The Labute approximate surface area is 127 Å². The zero-order chi connectivity index (χ0) is 16.3. The molecule has 1 aromatic carbocycles. The first kappa shape index (κ1) is 15.7. The van der Waals surface area contributed by atoms with E-state index in [1.165, 1.54) is 13.2 Å². The molecule has 0 bridgehead atoms. The number of amides is 2. The molecule has 0 spiro atoms. The molecule has 2 rings (SSSR count). The molecule has 1 aliphatic rings. The van der Waals surface area contributed by atoms with Gasteiger partial charge in [-0.05, 0) is 24.6 Å². The van der Waals surface area contributed by atoms with E-state index in [0.29, 0.717) is 11.3 Å². The molecular formula is C15H16N2O5. The lowest BCUT2D eigenvalue weighted by Gasteiger charge is -2.14. The van der Waals surface area contributed by atoms with Gasteiger partial charge in [0.15, 0.2) is 0 Å². The molecule has 0 fully saturated rings. The highest BCUT2D eigenvalue weighted by Crippen LogP contribution is 2.22. The summed E-state index contributed by atoms with van der Waals surface area (Å²) in [7, 11) is 1.28. The Morgan fingerprint density at radius 1 is 1.36 bits per heavy atom. The first-order valence-electron chi connectivity index (χ1n) is 6.62. The fraction of sp³-hybridized carbons (Fsp3) is 0.267. The summed E-state index contributed by atoms with van der Waals surface area (Å²) in [6.45, 7) is 1.45. The Kier molecular flexibility index (Phi) is 4.57. The van der Waals surface area contributed by atoms with Crippen molar-refractivity contribution in [3.63, 3.8) is 0 Å². The number of benzene rings is 1. The van der Waals surface area contributed by atoms with E-state index < -0.39 is 17.8 Å². The Balaban J connectivity index is 2.24. The Hall–Kier alpha value is -2.67. The monoisotopic (exact) mass is 304 g/mol. The Morgan fingerprint density at radius 3 is 2.73 bits per heavy atom. The van der Waals surface area contributed by atoms with Crippen LogP contribution in [0.1, 0.15) is 15.9 Å². The van der Waals surface area contributed by atoms with E-state index in [1.54, 1.807) is 25.1 Å². The molecule has 0 radical (unpaired) electrons. The molecule has 116 valence electrons. The first-order chi connectivity index (χ1) is 10.5. The molecule has 0 saturated heterocycles. The Morgan fingerprint density at radius 2 is 2.09 bits per heavy atom. The number of hydrogen-bond acceptors (Lipinski definition) is 6. The van der Waals surface area contributed by atoms with Crippen molar-refractivity contribution in [3.05, 3.63) is 41.1 Å². The average molecular weight is 304 g/mol. The van der Waals surface area contributed by atoms with E-state index >= 15 is 0 Å².